The van der Waals surface area contributed by atoms with Crippen molar-refractivity contribution in [1.82, 2.24) is 9.78 Å². The number of carbonyl (C=O) groups excluding carboxylic acids is 1. The number of benzene rings is 1. The minimum atomic E-state index is -1.77. The first-order chi connectivity index (χ1) is 10.7. The summed E-state index contributed by atoms with van der Waals surface area (Å²) in [5, 5.41) is 15.8. The molecule has 0 radical (unpaired) electrons. The van der Waals surface area contributed by atoms with E-state index >= 15 is 0 Å². The van der Waals surface area contributed by atoms with E-state index in [1.54, 1.807) is 5.32 Å². The van der Waals surface area contributed by atoms with E-state index in [9.17, 15) is 32.5 Å². The fourth-order valence-electron chi connectivity index (χ4n) is 1.66. The fraction of sp³-hybridized carbons (Fsp3) is 0.167. The number of carbonyl (C=O) groups is 1. The van der Waals surface area contributed by atoms with Crippen LogP contribution in [-0.2, 0) is 4.79 Å². The molecule has 1 heterocycles. The molecule has 2 aromatic rings. The Balaban J connectivity index is 2.26. The highest BCUT2D eigenvalue weighted by molar-refractivity contribution is 5.93. The highest BCUT2D eigenvalue weighted by Crippen LogP contribution is 2.25. The third-order valence-electron chi connectivity index (χ3n) is 2.93. The van der Waals surface area contributed by atoms with Gasteiger partial charge in [-0.1, -0.05) is 0 Å². The fourth-order valence-corrected chi connectivity index (χ4v) is 1.66. The topological polar surface area (TPSA) is 90.1 Å². The Morgan fingerprint density at radius 2 is 1.87 bits per heavy atom. The van der Waals surface area contributed by atoms with E-state index in [-0.39, 0.29) is 6.07 Å². The van der Waals surface area contributed by atoms with Crippen LogP contribution < -0.4 is 5.32 Å². The van der Waals surface area contributed by atoms with Crippen LogP contribution in [0.2, 0.25) is 0 Å². The number of hydrogen-bond donors (Lipinski definition) is 1. The minimum absolute atomic E-state index is 0.000608. The molecule has 1 aromatic heterocycles. The van der Waals surface area contributed by atoms with Crippen molar-refractivity contribution in [2.75, 3.05) is 5.32 Å². The highest BCUT2D eigenvalue weighted by atomic mass is 19.2. The molecule has 11 heteroatoms. The third-order valence-corrected chi connectivity index (χ3v) is 2.93. The van der Waals surface area contributed by atoms with Gasteiger partial charge in [0.05, 0.1) is 4.92 Å². The number of nitro groups is 1. The van der Waals surface area contributed by atoms with E-state index in [1.165, 1.54) is 6.92 Å². The zero-order valence-corrected chi connectivity index (χ0v) is 11.4. The van der Waals surface area contributed by atoms with Gasteiger partial charge in [-0.3, -0.25) is 19.6 Å². The van der Waals surface area contributed by atoms with Gasteiger partial charge < -0.3 is 5.32 Å². The van der Waals surface area contributed by atoms with E-state index in [1.807, 2.05) is 0 Å². The second kappa shape index (κ2) is 6.02. The van der Waals surface area contributed by atoms with E-state index in [0.29, 0.717) is 0 Å². The van der Waals surface area contributed by atoms with E-state index in [4.69, 9.17) is 0 Å². The van der Waals surface area contributed by atoms with Crippen molar-refractivity contribution in [2.45, 2.75) is 13.0 Å². The summed E-state index contributed by atoms with van der Waals surface area (Å²) < 4.78 is 53.9. The molecular weight excluding hydrogens is 324 g/mol. The number of amides is 1. The summed E-state index contributed by atoms with van der Waals surface area (Å²) in [6, 6.07) is -1.23. The van der Waals surface area contributed by atoms with Crippen molar-refractivity contribution in [2.24, 2.45) is 0 Å². The molecular formula is C12H8F4N4O3. The third kappa shape index (κ3) is 3.12. The first-order valence-electron chi connectivity index (χ1n) is 6.04. The largest absolute Gasteiger partial charge is 0.319 e. The van der Waals surface area contributed by atoms with Crippen molar-refractivity contribution in [1.29, 1.82) is 0 Å². The Kier molecular flexibility index (Phi) is 4.29. The number of nitrogens with one attached hydrogen (secondary N) is 1. The lowest BCUT2D eigenvalue weighted by Crippen LogP contribution is -2.25. The number of nitrogens with zero attached hydrogens (tertiary/aromatic N) is 3. The summed E-state index contributed by atoms with van der Waals surface area (Å²) in [4.78, 5) is 21.7. The summed E-state index contributed by atoms with van der Waals surface area (Å²) in [6.45, 7) is 1.22. The summed E-state index contributed by atoms with van der Waals surface area (Å²) in [5.74, 6) is -7.97. The number of rotatable bonds is 4. The van der Waals surface area contributed by atoms with Crippen LogP contribution in [0.1, 0.15) is 13.0 Å². The Morgan fingerprint density at radius 3 is 2.35 bits per heavy atom. The molecule has 0 aliphatic heterocycles. The van der Waals surface area contributed by atoms with Crippen molar-refractivity contribution >= 4 is 17.3 Å². The molecule has 1 atom stereocenters. The summed E-state index contributed by atoms with van der Waals surface area (Å²) in [5.41, 5.74) is -1.69. The van der Waals surface area contributed by atoms with Gasteiger partial charge in [-0.2, -0.15) is 5.10 Å². The lowest BCUT2D eigenvalue weighted by molar-refractivity contribution is -0.385. The van der Waals surface area contributed by atoms with Crippen LogP contribution in [0.25, 0.3) is 0 Å². The van der Waals surface area contributed by atoms with Gasteiger partial charge in [0.25, 0.3) is 0 Å². The Morgan fingerprint density at radius 1 is 1.30 bits per heavy atom. The standard InChI is InChI=1S/C12H8F4N4O3/c1-5(19-4-6(3-17-19)20(22)23)12(21)18-11-9(15)7(13)2-8(14)10(11)16/h2-5H,1H3,(H,18,21)/t5-/m1/s1. The second-order valence-corrected chi connectivity index (χ2v) is 4.44. The van der Waals surface area contributed by atoms with Crippen LogP contribution in [0.5, 0.6) is 0 Å². The number of anilines is 1. The highest BCUT2D eigenvalue weighted by Gasteiger charge is 2.24. The predicted molar refractivity (Wildman–Crippen MR) is 68.5 cm³/mol. The molecule has 0 aliphatic carbocycles. The second-order valence-electron chi connectivity index (χ2n) is 4.44. The Hall–Kier alpha value is -2.98. The molecule has 0 unspecified atom stereocenters. The van der Waals surface area contributed by atoms with Gasteiger partial charge in [-0.05, 0) is 6.92 Å². The van der Waals surface area contributed by atoms with Gasteiger partial charge >= 0.3 is 5.69 Å². The van der Waals surface area contributed by atoms with Gasteiger partial charge in [-0.25, -0.2) is 17.6 Å². The maximum absolute atomic E-state index is 13.5. The summed E-state index contributed by atoms with van der Waals surface area (Å²) >= 11 is 0. The molecule has 7 nitrogen and oxygen atoms in total. The molecule has 0 bridgehead atoms. The molecule has 1 N–H and O–H groups in total. The van der Waals surface area contributed by atoms with Crippen molar-refractivity contribution < 1.29 is 27.3 Å². The lowest BCUT2D eigenvalue weighted by Gasteiger charge is -2.13. The van der Waals surface area contributed by atoms with Crippen molar-refractivity contribution in [3.63, 3.8) is 0 Å². The summed E-state index contributed by atoms with van der Waals surface area (Å²) in [6.07, 6.45) is 1.79. The van der Waals surface area contributed by atoms with Gasteiger partial charge in [0.15, 0.2) is 23.3 Å². The number of aromatic nitrogens is 2. The smallest absolute Gasteiger partial charge is 0.307 e. The van der Waals surface area contributed by atoms with Crippen molar-refractivity contribution in [3.05, 3.63) is 51.8 Å². The van der Waals surface area contributed by atoms with Crippen LogP contribution >= 0.6 is 0 Å². The lowest BCUT2D eigenvalue weighted by atomic mass is 10.2. The van der Waals surface area contributed by atoms with Crippen LogP contribution in [0.4, 0.5) is 28.9 Å². The molecule has 23 heavy (non-hydrogen) atoms. The van der Waals surface area contributed by atoms with Gasteiger partial charge in [0, 0.05) is 6.07 Å². The number of halogens is 4. The van der Waals surface area contributed by atoms with E-state index in [2.05, 4.69) is 5.10 Å². The molecule has 122 valence electrons. The van der Waals surface area contributed by atoms with E-state index in [0.717, 1.165) is 17.1 Å². The van der Waals surface area contributed by atoms with Gasteiger partial charge in [0.1, 0.15) is 24.1 Å². The zero-order chi connectivity index (χ0) is 17.3. The molecule has 1 amide bonds. The predicted octanol–water partition coefficient (Wildman–Crippen LogP) is 2.55. The maximum Gasteiger partial charge on any atom is 0.307 e. The maximum atomic E-state index is 13.5. The molecule has 0 aliphatic rings. The monoisotopic (exact) mass is 332 g/mol. The SMILES string of the molecule is C[C@H](C(=O)Nc1c(F)c(F)cc(F)c1F)n1cc([N+](=O)[O-])cn1. The molecule has 2 rings (SSSR count). The quantitative estimate of drug-likeness (QED) is 0.403. The molecule has 1 aromatic carbocycles. The van der Waals surface area contributed by atoms with Gasteiger partial charge in [-0.15, -0.1) is 0 Å². The average molecular weight is 332 g/mol. The molecule has 0 spiro atoms. The summed E-state index contributed by atoms with van der Waals surface area (Å²) in [7, 11) is 0. The zero-order valence-electron chi connectivity index (χ0n) is 11.4. The average Bonchev–Trinajstić information content (AvgIpc) is 2.98. The molecule has 0 fully saturated rings. The van der Waals surface area contributed by atoms with Crippen LogP contribution in [0.15, 0.2) is 18.5 Å². The van der Waals surface area contributed by atoms with Crippen molar-refractivity contribution in [3.8, 4) is 0 Å². The molecule has 0 saturated heterocycles. The van der Waals surface area contributed by atoms with Crippen LogP contribution in [0, 0.1) is 33.4 Å². The van der Waals surface area contributed by atoms with E-state index < -0.39 is 51.5 Å². The Labute approximate surface area is 125 Å². The van der Waals surface area contributed by atoms with Gasteiger partial charge in [0.2, 0.25) is 5.91 Å². The minimum Gasteiger partial charge on any atom is -0.319 e. The molecule has 0 saturated carbocycles. The van der Waals surface area contributed by atoms with Crippen LogP contribution in [-0.4, -0.2) is 20.6 Å². The Bertz CT molecular complexity index is 767. The first-order valence-corrected chi connectivity index (χ1v) is 6.04. The normalized spacial score (nSPS) is 12.0. The number of hydrogen-bond acceptors (Lipinski definition) is 4. The first kappa shape index (κ1) is 16.4. The van der Waals surface area contributed by atoms with Crippen LogP contribution in [0.3, 0.4) is 0 Å².